The van der Waals surface area contributed by atoms with Gasteiger partial charge in [-0.3, -0.25) is 0 Å². The molecule has 98 valence electrons. The number of hydrogen-bond acceptors (Lipinski definition) is 5. The van der Waals surface area contributed by atoms with Gasteiger partial charge in [-0.05, 0) is 19.1 Å². The highest BCUT2D eigenvalue weighted by molar-refractivity contribution is 5.04. The lowest BCUT2D eigenvalue weighted by atomic mass is 10.1. The van der Waals surface area contributed by atoms with E-state index in [1.165, 1.54) is 0 Å². The van der Waals surface area contributed by atoms with E-state index in [1.807, 2.05) is 19.1 Å². The predicted molar refractivity (Wildman–Crippen MR) is 63.7 cm³/mol. The first-order valence-electron chi connectivity index (χ1n) is 5.73. The Balaban J connectivity index is 2.22. The van der Waals surface area contributed by atoms with Gasteiger partial charge in [-0.25, -0.2) is 0 Å². The summed E-state index contributed by atoms with van der Waals surface area (Å²) in [4.78, 5) is 0. The molecular formula is C12H21NO4. The molecule has 0 aromatic carbocycles. The van der Waals surface area contributed by atoms with E-state index < -0.39 is 0 Å². The van der Waals surface area contributed by atoms with Crippen LogP contribution in [-0.2, 0) is 14.2 Å². The standard InChI is InChI=1S/C12H21NO4/c1-10(13)12(11-4-3-5-16-11)17-9-8-15-7-6-14-2/h3-5,10,12H,6-9,13H2,1-2H3. The van der Waals surface area contributed by atoms with Crippen LogP contribution in [0, 0.1) is 0 Å². The summed E-state index contributed by atoms with van der Waals surface area (Å²) in [5.41, 5.74) is 5.84. The molecule has 0 bridgehead atoms. The van der Waals surface area contributed by atoms with Crippen molar-refractivity contribution in [3.63, 3.8) is 0 Å². The van der Waals surface area contributed by atoms with Crippen molar-refractivity contribution in [3.8, 4) is 0 Å². The van der Waals surface area contributed by atoms with Gasteiger partial charge >= 0.3 is 0 Å². The van der Waals surface area contributed by atoms with Gasteiger partial charge in [0, 0.05) is 13.2 Å². The van der Waals surface area contributed by atoms with E-state index in [2.05, 4.69) is 0 Å². The van der Waals surface area contributed by atoms with Crippen LogP contribution in [0.15, 0.2) is 22.8 Å². The van der Waals surface area contributed by atoms with Crippen LogP contribution in [0.1, 0.15) is 18.8 Å². The highest BCUT2D eigenvalue weighted by Crippen LogP contribution is 2.20. The zero-order chi connectivity index (χ0) is 12.5. The predicted octanol–water partition coefficient (Wildman–Crippen LogP) is 1.35. The van der Waals surface area contributed by atoms with Crippen LogP contribution in [0.2, 0.25) is 0 Å². The second kappa shape index (κ2) is 8.25. The van der Waals surface area contributed by atoms with E-state index in [1.54, 1.807) is 13.4 Å². The summed E-state index contributed by atoms with van der Waals surface area (Å²) in [6, 6.07) is 3.56. The second-order valence-corrected chi connectivity index (χ2v) is 3.77. The van der Waals surface area contributed by atoms with Crippen LogP contribution in [0.25, 0.3) is 0 Å². The van der Waals surface area contributed by atoms with E-state index >= 15 is 0 Å². The lowest BCUT2D eigenvalue weighted by Gasteiger charge is -2.19. The Hall–Kier alpha value is -0.880. The third-order valence-corrected chi connectivity index (χ3v) is 2.26. The number of ether oxygens (including phenoxy) is 3. The normalized spacial score (nSPS) is 14.8. The highest BCUT2D eigenvalue weighted by Gasteiger charge is 2.19. The third-order valence-electron chi connectivity index (χ3n) is 2.26. The van der Waals surface area contributed by atoms with Gasteiger partial charge in [-0.2, -0.15) is 0 Å². The van der Waals surface area contributed by atoms with Crippen molar-refractivity contribution in [1.29, 1.82) is 0 Å². The lowest BCUT2D eigenvalue weighted by molar-refractivity contribution is -0.0217. The molecule has 1 aromatic rings. The van der Waals surface area contributed by atoms with E-state index in [4.69, 9.17) is 24.4 Å². The van der Waals surface area contributed by atoms with Gasteiger partial charge in [0.15, 0.2) is 0 Å². The Morgan fingerprint density at radius 2 is 2.06 bits per heavy atom. The van der Waals surface area contributed by atoms with Crippen molar-refractivity contribution in [3.05, 3.63) is 24.2 Å². The van der Waals surface area contributed by atoms with E-state index in [-0.39, 0.29) is 12.1 Å². The van der Waals surface area contributed by atoms with Crippen molar-refractivity contribution >= 4 is 0 Å². The quantitative estimate of drug-likeness (QED) is 0.663. The third kappa shape index (κ3) is 5.32. The number of furan rings is 1. The molecule has 5 nitrogen and oxygen atoms in total. The van der Waals surface area contributed by atoms with Gasteiger partial charge in [0.1, 0.15) is 11.9 Å². The van der Waals surface area contributed by atoms with Crippen LogP contribution in [0.3, 0.4) is 0 Å². The van der Waals surface area contributed by atoms with Crippen molar-refractivity contribution in [2.24, 2.45) is 5.73 Å². The Kier molecular flexibility index (Phi) is 6.88. The summed E-state index contributed by atoms with van der Waals surface area (Å²) >= 11 is 0. The molecule has 2 atom stereocenters. The number of rotatable bonds is 9. The topological polar surface area (TPSA) is 66.8 Å². The summed E-state index contributed by atoms with van der Waals surface area (Å²) < 4.78 is 21.1. The van der Waals surface area contributed by atoms with Crippen molar-refractivity contribution < 1.29 is 18.6 Å². The summed E-state index contributed by atoms with van der Waals surface area (Å²) in [7, 11) is 1.64. The molecule has 5 heteroatoms. The number of nitrogens with two attached hydrogens (primary N) is 1. The van der Waals surface area contributed by atoms with Gasteiger partial charge in [-0.15, -0.1) is 0 Å². The average molecular weight is 243 g/mol. The van der Waals surface area contributed by atoms with E-state index in [9.17, 15) is 0 Å². The minimum Gasteiger partial charge on any atom is -0.467 e. The Morgan fingerprint density at radius 3 is 2.65 bits per heavy atom. The SMILES string of the molecule is COCCOCCOC(c1ccco1)C(C)N. The zero-order valence-corrected chi connectivity index (χ0v) is 10.4. The fourth-order valence-electron chi connectivity index (χ4n) is 1.42. The molecule has 0 spiro atoms. The first-order chi connectivity index (χ1) is 8.25. The molecule has 1 heterocycles. The van der Waals surface area contributed by atoms with Crippen LogP contribution in [-0.4, -0.2) is 39.6 Å². The molecule has 0 aliphatic carbocycles. The Morgan fingerprint density at radius 1 is 1.29 bits per heavy atom. The summed E-state index contributed by atoms with van der Waals surface area (Å²) in [6.45, 7) is 4.06. The molecule has 1 rings (SSSR count). The van der Waals surface area contributed by atoms with Gasteiger partial charge in [-0.1, -0.05) is 0 Å². The fourth-order valence-corrected chi connectivity index (χ4v) is 1.42. The lowest BCUT2D eigenvalue weighted by Crippen LogP contribution is -2.27. The molecule has 0 saturated carbocycles. The summed E-state index contributed by atoms with van der Waals surface area (Å²) in [5.74, 6) is 0.747. The zero-order valence-electron chi connectivity index (χ0n) is 10.4. The number of hydrogen-bond donors (Lipinski definition) is 1. The Labute approximate surface area is 102 Å². The first kappa shape index (κ1) is 14.2. The average Bonchev–Trinajstić information content (AvgIpc) is 2.81. The molecule has 0 aliphatic heterocycles. The van der Waals surface area contributed by atoms with Crippen LogP contribution >= 0.6 is 0 Å². The molecule has 0 fully saturated rings. The van der Waals surface area contributed by atoms with E-state index in [0.717, 1.165) is 5.76 Å². The van der Waals surface area contributed by atoms with Crippen LogP contribution < -0.4 is 5.73 Å². The van der Waals surface area contributed by atoms with Gasteiger partial charge in [0.2, 0.25) is 0 Å². The Bertz CT molecular complexity index is 274. The largest absolute Gasteiger partial charge is 0.467 e. The van der Waals surface area contributed by atoms with Gasteiger partial charge < -0.3 is 24.4 Å². The smallest absolute Gasteiger partial charge is 0.134 e. The maximum atomic E-state index is 5.84. The molecule has 2 unspecified atom stereocenters. The van der Waals surface area contributed by atoms with Gasteiger partial charge in [0.05, 0.1) is 32.7 Å². The molecule has 2 N–H and O–H groups in total. The second-order valence-electron chi connectivity index (χ2n) is 3.77. The monoisotopic (exact) mass is 243 g/mol. The van der Waals surface area contributed by atoms with Crippen LogP contribution in [0.5, 0.6) is 0 Å². The summed E-state index contributed by atoms with van der Waals surface area (Å²) in [5, 5.41) is 0. The molecule has 0 saturated heterocycles. The minimum absolute atomic E-state index is 0.125. The van der Waals surface area contributed by atoms with Gasteiger partial charge in [0.25, 0.3) is 0 Å². The molecule has 0 aliphatic rings. The first-order valence-corrected chi connectivity index (χ1v) is 5.73. The van der Waals surface area contributed by atoms with Crippen molar-refractivity contribution in [1.82, 2.24) is 0 Å². The van der Waals surface area contributed by atoms with Crippen LogP contribution in [0.4, 0.5) is 0 Å². The van der Waals surface area contributed by atoms with E-state index in [0.29, 0.717) is 26.4 Å². The molecule has 0 amide bonds. The maximum Gasteiger partial charge on any atom is 0.134 e. The maximum absolute atomic E-state index is 5.84. The molecule has 1 aromatic heterocycles. The minimum atomic E-state index is -0.226. The summed E-state index contributed by atoms with van der Waals surface area (Å²) in [6.07, 6.45) is 1.39. The number of methoxy groups -OCH3 is 1. The molecule has 0 radical (unpaired) electrons. The molecule has 17 heavy (non-hydrogen) atoms. The van der Waals surface area contributed by atoms with Crippen molar-refractivity contribution in [2.75, 3.05) is 33.5 Å². The highest BCUT2D eigenvalue weighted by atomic mass is 16.5. The van der Waals surface area contributed by atoms with Crippen molar-refractivity contribution in [2.45, 2.75) is 19.1 Å². The molecular weight excluding hydrogens is 222 g/mol. The fraction of sp³-hybridized carbons (Fsp3) is 0.667.